The van der Waals surface area contributed by atoms with Crippen LogP contribution in [-0.2, 0) is 4.79 Å². The molecule has 0 fully saturated rings. The van der Waals surface area contributed by atoms with E-state index in [0.29, 0.717) is 15.8 Å². The van der Waals surface area contributed by atoms with Crippen LogP contribution in [0, 0.1) is 0 Å². The van der Waals surface area contributed by atoms with Crippen molar-refractivity contribution in [3.8, 4) is 16.9 Å². The van der Waals surface area contributed by atoms with Gasteiger partial charge in [-0.2, -0.15) is 0 Å². The maximum absolute atomic E-state index is 10.4. The first-order valence-electron chi connectivity index (χ1n) is 5.46. The van der Waals surface area contributed by atoms with Gasteiger partial charge in [0.05, 0.1) is 10.0 Å². The molecule has 0 bridgehead atoms. The predicted molar refractivity (Wildman–Crippen MR) is 75.0 cm³/mol. The third-order valence-electron chi connectivity index (χ3n) is 2.47. The zero-order valence-electron chi connectivity index (χ0n) is 9.77. The van der Waals surface area contributed by atoms with Gasteiger partial charge >= 0.3 is 5.97 Å². The monoisotopic (exact) mass is 296 g/mol. The second-order valence-electron chi connectivity index (χ2n) is 3.84. The lowest BCUT2D eigenvalue weighted by atomic mass is 10.1. The summed E-state index contributed by atoms with van der Waals surface area (Å²) < 4.78 is 5.05. The Morgan fingerprint density at radius 3 is 2.21 bits per heavy atom. The second-order valence-corrected chi connectivity index (χ2v) is 4.65. The molecule has 0 aliphatic carbocycles. The summed E-state index contributed by atoms with van der Waals surface area (Å²) in [5, 5.41) is 9.51. The zero-order chi connectivity index (χ0) is 13.8. The SMILES string of the molecule is O=C(O)COc1ccc(-c2ccc(Cl)c(Cl)c2)cc1. The highest BCUT2D eigenvalue weighted by Gasteiger charge is 2.03. The average molecular weight is 297 g/mol. The van der Waals surface area contributed by atoms with E-state index in [1.807, 2.05) is 18.2 Å². The summed E-state index contributed by atoms with van der Waals surface area (Å²) in [6, 6.07) is 12.4. The van der Waals surface area contributed by atoms with Crippen molar-refractivity contribution in [3.63, 3.8) is 0 Å². The number of carboxylic acid groups (broad SMARTS) is 1. The van der Waals surface area contributed by atoms with Crippen molar-refractivity contribution >= 4 is 29.2 Å². The minimum absolute atomic E-state index is 0.355. The van der Waals surface area contributed by atoms with Crippen LogP contribution >= 0.6 is 23.2 Å². The number of hydrogen-bond acceptors (Lipinski definition) is 2. The van der Waals surface area contributed by atoms with Crippen molar-refractivity contribution in [2.75, 3.05) is 6.61 Å². The van der Waals surface area contributed by atoms with Crippen molar-refractivity contribution in [1.29, 1.82) is 0 Å². The molecule has 2 aromatic carbocycles. The highest BCUT2D eigenvalue weighted by atomic mass is 35.5. The number of ether oxygens (including phenoxy) is 1. The van der Waals surface area contributed by atoms with E-state index in [9.17, 15) is 4.79 Å². The predicted octanol–water partition coefficient (Wildman–Crippen LogP) is 4.12. The van der Waals surface area contributed by atoms with Crippen molar-refractivity contribution in [3.05, 3.63) is 52.5 Å². The first-order valence-corrected chi connectivity index (χ1v) is 6.22. The van der Waals surface area contributed by atoms with E-state index in [-0.39, 0.29) is 6.61 Å². The van der Waals surface area contributed by atoms with Gasteiger partial charge in [-0.1, -0.05) is 41.4 Å². The maximum Gasteiger partial charge on any atom is 0.341 e. The number of aliphatic carboxylic acids is 1. The fourth-order valence-electron chi connectivity index (χ4n) is 1.56. The molecular formula is C14H10Cl2O3. The van der Waals surface area contributed by atoms with Crippen LogP contribution in [0.15, 0.2) is 42.5 Å². The van der Waals surface area contributed by atoms with Crippen LogP contribution in [0.1, 0.15) is 0 Å². The molecule has 2 rings (SSSR count). The molecule has 0 radical (unpaired) electrons. The van der Waals surface area contributed by atoms with Crippen LogP contribution in [0.2, 0.25) is 10.0 Å². The number of rotatable bonds is 4. The lowest BCUT2D eigenvalue weighted by Crippen LogP contribution is -2.09. The van der Waals surface area contributed by atoms with Gasteiger partial charge in [0.15, 0.2) is 6.61 Å². The number of benzene rings is 2. The summed E-state index contributed by atoms with van der Waals surface area (Å²) in [5.74, 6) is -0.500. The molecule has 98 valence electrons. The number of carboxylic acids is 1. The molecule has 0 heterocycles. The van der Waals surface area contributed by atoms with E-state index in [0.717, 1.165) is 11.1 Å². The molecule has 0 aliphatic rings. The summed E-state index contributed by atoms with van der Waals surface area (Å²) in [4.78, 5) is 10.4. The van der Waals surface area contributed by atoms with E-state index in [1.54, 1.807) is 24.3 Å². The lowest BCUT2D eigenvalue weighted by molar-refractivity contribution is -0.139. The Hall–Kier alpha value is -1.71. The van der Waals surface area contributed by atoms with Gasteiger partial charge in [0.25, 0.3) is 0 Å². The van der Waals surface area contributed by atoms with Crippen LogP contribution < -0.4 is 4.74 Å². The van der Waals surface area contributed by atoms with E-state index in [4.69, 9.17) is 33.0 Å². The molecule has 0 atom stereocenters. The molecule has 5 heteroatoms. The molecule has 0 aromatic heterocycles. The standard InChI is InChI=1S/C14H10Cl2O3/c15-12-6-3-10(7-13(12)16)9-1-4-11(5-2-9)19-8-14(17)18/h1-7H,8H2,(H,17,18). The molecule has 1 N–H and O–H groups in total. The third-order valence-corrected chi connectivity index (χ3v) is 3.21. The van der Waals surface area contributed by atoms with Gasteiger partial charge in [0.1, 0.15) is 5.75 Å². The highest BCUT2D eigenvalue weighted by molar-refractivity contribution is 6.42. The molecule has 0 aliphatic heterocycles. The first kappa shape index (κ1) is 13.7. The van der Waals surface area contributed by atoms with Crippen LogP contribution in [0.5, 0.6) is 5.75 Å². The molecule has 0 unspecified atom stereocenters. The van der Waals surface area contributed by atoms with Gasteiger partial charge in [-0.05, 0) is 35.4 Å². The second kappa shape index (κ2) is 5.95. The quantitative estimate of drug-likeness (QED) is 0.923. The Balaban J connectivity index is 2.17. The summed E-state index contributed by atoms with van der Waals surface area (Å²) in [5.41, 5.74) is 1.88. The van der Waals surface area contributed by atoms with Gasteiger partial charge in [-0.3, -0.25) is 0 Å². The normalized spacial score (nSPS) is 10.2. The average Bonchev–Trinajstić information content (AvgIpc) is 2.40. The van der Waals surface area contributed by atoms with E-state index in [2.05, 4.69) is 0 Å². The first-order chi connectivity index (χ1) is 9.06. The smallest absolute Gasteiger partial charge is 0.341 e. The number of hydrogen-bond donors (Lipinski definition) is 1. The molecule has 0 saturated carbocycles. The maximum atomic E-state index is 10.4. The molecule has 0 spiro atoms. The molecule has 0 saturated heterocycles. The summed E-state index contributed by atoms with van der Waals surface area (Å²) >= 11 is 11.8. The Bertz CT molecular complexity index is 594. The van der Waals surface area contributed by atoms with Gasteiger partial charge in [-0.25, -0.2) is 4.79 Å². The Morgan fingerprint density at radius 2 is 1.63 bits per heavy atom. The number of carbonyl (C=O) groups is 1. The molecule has 0 amide bonds. The largest absolute Gasteiger partial charge is 0.482 e. The van der Waals surface area contributed by atoms with Crippen molar-refractivity contribution in [2.24, 2.45) is 0 Å². The number of halogens is 2. The lowest BCUT2D eigenvalue weighted by Gasteiger charge is -2.06. The summed E-state index contributed by atoms with van der Waals surface area (Å²) in [6.07, 6.45) is 0. The van der Waals surface area contributed by atoms with Gasteiger partial charge in [0.2, 0.25) is 0 Å². The minimum Gasteiger partial charge on any atom is -0.482 e. The van der Waals surface area contributed by atoms with Gasteiger partial charge < -0.3 is 9.84 Å². The van der Waals surface area contributed by atoms with Crippen LogP contribution in [-0.4, -0.2) is 17.7 Å². The van der Waals surface area contributed by atoms with Crippen LogP contribution in [0.25, 0.3) is 11.1 Å². The molecule has 19 heavy (non-hydrogen) atoms. The van der Waals surface area contributed by atoms with Crippen molar-refractivity contribution in [2.45, 2.75) is 0 Å². The Labute approximate surface area is 120 Å². The van der Waals surface area contributed by atoms with Crippen molar-refractivity contribution < 1.29 is 14.6 Å². The fourth-order valence-corrected chi connectivity index (χ4v) is 1.86. The molecule has 2 aromatic rings. The van der Waals surface area contributed by atoms with Crippen LogP contribution in [0.4, 0.5) is 0 Å². The Kier molecular flexibility index (Phi) is 4.30. The van der Waals surface area contributed by atoms with E-state index < -0.39 is 5.97 Å². The summed E-state index contributed by atoms with van der Waals surface area (Å²) in [6.45, 7) is -0.355. The minimum atomic E-state index is -1.01. The van der Waals surface area contributed by atoms with E-state index in [1.165, 1.54) is 0 Å². The molecule has 3 nitrogen and oxygen atoms in total. The topological polar surface area (TPSA) is 46.5 Å². The van der Waals surface area contributed by atoms with Gasteiger partial charge in [-0.15, -0.1) is 0 Å². The van der Waals surface area contributed by atoms with Crippen LogP contribution in [0.3, 0.4) is 0 Å². The van der Waals surface area contributed by atoms with E-state index >= 15 is 0 Å². The Morgan fingerprint density at radius 1 is 1.00 bits per heavy atom. The zero-order valence-corrected chi connectivity index (χ0v) is 11.3. The molecular weight excluding hydrogens is 287 g/mol. The highest BCUT2D eigenvalue weighted by Crippen LogP contribution is 2.29. The fraction of sp³-hybridized carbons (Fsp3) is 0.0714. The van der Waals surface area contributed by atoms with Gasteiger partial charge in [0, 0.05) is 0 Å². The third kappa shape index (κ3) is 3.63. The van der Waals surface area contributed by atoms with Crippen molar-refractivity contribution in [1.82, 2.24) is 0 Å². The summed E-state index contributed by atoms with van der Waals surface area (Å²) in [7, 11) is 0.